The Balaban J connectivity index is 1.21. The molecule has 7 nitrogen and oxygen atoms in total. The molecule has 2 fully saturated rings. The van der Waals surface area contributed by atoms with Crippen molar-refractivity contribution in [3.05, 3.63) is 64.6 Å². The lowest BCUT2D eigenvalue weighted by atomic mass is 9.64. The summed E-state index contributed by atoms with van der Waals surface area (Å²) < 4.78 is 10.7. The summed E-state index contributed by atoms with van der Waals surface area (Å²) in [5.41, 5.74) is 1.27. The van der Waals surface area contributed by atoms with E-state index in [2.05, 4.69) is 5.32 Å². The quantitative estimate of drug-likeness (QED) is 0.676. The molecular weight excluding hydrogens is 428 g/mol. The maximum absolute atomic E-state index is 12.9. The minimum atomic E-state index is -0.501. The van der Waals surface area contributed by atoms with Gasteiger partial charge in [0.1, 0.15) is 0 Å². The molecule has 0 atom stereocenters. The summed E-state index contributed by atoms with van der Waals surface area (Å²) in [6.07, 6.45) is 4.30. The van der Waals surface area contributed by atoms with Crippen LogP contribution in [0.5, 0.6) is 11.5 Å². The van der Waals surface area contributed by atoms with E-state index in [1.54, 1.807) is 18.2 Å². The van der Waals surface area contributed by atoms with Gasteiger partial charge in [-0.1, -0.05) is 42.8 Å². The van der Waals surface area contributed by atoms with E-state index >= 15 is 0 Å². The van der Waals surface area contributed by atoms with Gasteiger partial charge in [0.2, 0.25) is 12.7 Å². The van der Waals surface area contributed by atoms with Crippen LogP contribution >= 0.6 is 11.8 Å². The van der Waals surface area contributed by atoms with Crippen LogP contribution in [0.2, 0.25) is 0 Å². The van der Waals surface area contributed by atoms with Crippen LogP contribution in [0.1, 0.15) is 30.4 Å². The SMILES string of the molecule is O=C1SC(=Cc2ccc3c(c2)OCO3)C(=O)N1CCNC(=O)C1(c2ccccc2)CCC1. The summed E-state index contributed by atoms with van der Waals surface area (Å²) in [6.45, 7) is 0.537. The highest BCUT2D eigenvalue weighted by Gasteiger charge is 2.45. The van der Waals surface area contributed by atoms with E-state index in [4.69, 9.17) is 9.47 Å². The number of benzene rings is 2. The van der Waals surface area contributed by atoms with Crippen LogP contribution in [-0.4, -0.2) is 41.8 Å². The second-order valence-electron chi connectivity index (χ2n) is 8.00. The van der Waals surface area contributed by atoms with Gasteiger partial charge in [0.25, 0.3) is 11.1 Å². The molecule has 8 heteroatoms. The van der Waals surface area contributed by atoms with E-state index in [-0.39, 0.29) is 36.9 Å². The molecule has 0 unspecified atom stereocenters. The summed E-state index contributed by atoms with van der Waals surface area (Å²) in [4.78, 5) is 39.6. The van der Waals surface area contributed by atoms with Crippen LogP contribution in [0, 0.1) is 0 Å². The van der Waals surface area contributed by atoms with Crippen LogP contribution in [0.15, 0.2) is 53.4 Å². The topological polar surface area (TPSA) is 84.9 Å². The van der Waals surface area contributed by atoms with E-state index in [0.29, 0.717) is 16.4 Å². The number of nitrogens with zero attached hydrogens (tertiary/aromatic N) is 1. The lowest BCUT2D eigenvalue weighted by Gasteiger charge is -2.40. The van der Waals surface area contributed by atoms with Gasteiger partial charge in [0.15, 0.2) is 11.5 Å². The first kappa shape index (κ1) is 20.6. The lowest BCUT2D eigenvalue weighted by Crippen LogP contribution is -2.50. The van der Waals surface area contributed by atoms with Crippen LogP contribution in [0.4, 0.5) is 4.79 Å². The number of carbonyl (C=O) groups excluding carboxylic acids is 3. The van der Waals surface area contributed by atoms with E-state index in [1.165, 1.54) is 4.90 Å². The monoisotopic (exact) mass is 450 g/mol. The molecule has 2 heterocycles. The highest BCUT2D eigenvalue weighted by atomic mass is 32.2. The molecule has 3 aliphatic rings. The third-order valence-electron chi connectivity index (χ3n) is 6.16. The first-order valence-electron chi connectivity index (χ1n) is 10.6. The van der Waals surface area contributed by atoms with Gasteiger partial charge in [0.05, 0.1) is 10.3 Å². The van der Waals surface area contributed by atoms with Gasteiger partial charge < -0.3 is 14.8 Å². The lowest BCUT2D eigenvalue weighted by molar-refractivity contribution is -0.130. The maximum atomic E-state index is 12.9. The third kappa shape index (κ3) is 3.64. The van der Waals surface area contributed by atoms with Crippen molar-refractivity contribution in [3.63, 3.8) is 0 Å². The fraction of sp³-hybridized carbons (Fsp3) is 0.292. The number of ether oxygens (including phenoxy) is 2. The van der Waals surface area contributed by atoms with Crippen LogP contribution in [-0.2, 0) is 15.0 Å². The predicted octanol–water partition coefficient (Wildman–Crippen LogP) is 3.69. The molecule has 164 valence electrons. The van der Waals surface area contributed by atoms with Crippen molar-refractivity contribution in [2.75, 3.05) is 19.9 Å². The highest BCUT2D eigenvalue weighted by molar-refractivity contribution is 8.18. The fourth-order valence-corrected chi connectivity index (χ4v) is 5.10. The molecule has 5 rings (SSSR count). The smallest absolute Gasteiger partial charge is 0.293 e. The number of amides is 3. The molecule has 1 N–H and O–H groups in total. The van der Waals surface area contributed by atoms with Crippen molar-refractivity contribution >= 4 is 34.9 Å². The first-order chi connectivity index (χ1) is 15.6. The van der Waals surface area contributed by atoms with Gasteiger partial charge in [-0.25, -0.2) is 0 Å². The number of nitrogens with one attached hydrogen (secondary N) is 1. The van der Waals surface area contributed by atoms with Gasteiger partial charge in [-0.05, 0) is 53.9 Å². The zero-order valence-electron chi connectivity index (χ0n) is 17.3. The summed E-state index contributed by atoms with van der Waals surface area (Å²) in [5, 5.41) is 2.61. The van der Waals surface area contributed by atoms with Gasteiger partial charge >= 0.3 is 0 Å². The Morgan fingerprint density at radius 1 is 1.09 bits per heavy atom. The van der Waals surface area contributed by atoms with Gasteiger partial charge in [-0.3, -0.25) is 19.3 Å². The van der Waals surface area contributed by atoms with Crippen molar-refractivity contribution in [1.29, 1.82) is 0 Å². The van der Waals surface area contributed by atoms with E-state index in [0.717, 1.165) is 42.2 Å². The van der Waals surface area contributed by atoms with E-state index < -0.39 is 5.41 Å². The first-order valence-corrected chi connectivity index (χ1v) is 11.4. The van der Waals surface area contributed by atoms with Gasteiger partial charge in [0, 0.05) is 13.1 Å². The highest BCUT2D eigenvalue weighted by Crippen LogP contribution is 2.44. The van der Waals surface area contributed by atoms with Crippen molar-refractivity contribution in [2.24, 2.45) is 0 Å². The zero-order valence-corrected chi connectivity index (χ0v) is 18.2. The number of hydrogen-bond donors (Lipinski definition) is 1. The Labute approximate surface area is 189 Å². The molecule has 1 aliphatic carbocycles. The summed E-state index contributed by atoms with van der Waals surface area (Å²) in [5.74, 6) is 0.876. The molecule has 2 aliphatic heterocycles. The standard InChI is InChI=1S/C24H22N2O5S/c27-21-20(14-16-7-8-18-19(13-16)31-15-30-18)32-23(29)26(21)12-11-25-22(28)24(9-4-10-24)17-5-2-1-3-6-17/h1-3,5-8,13-14H,4,9-12,15H2,(H,25,28). The van der Waals surface area contributed by atoms with Crippen LogP contribution < -0.4 is 14.8 Å². The average Bonchev–Trinajstić information content (AvgIpc) is 3.33. The Bertz CT molecular complexity index is 1110. The molecule has 3 amide bonds. The summed E-state index contributed by atoms with van der Waals surface area (Å²) >= 11 is 0.901. The Kier molecular flexibility index (Phi) is 5.38. The molecule has 1 saturated heterocycles. The molecule has 32 heavy (non-hydrogen) atoms. The number of fused-ring (bicyclic) bond motifs is 1. The number of imide groups is 1. The normalized spacial score (nSPS) is 19.9. The van der Waals surface area contributed by atoms with Crippen molar-refractivity contribution in [2.45, 2.75) is 24.7 Å². The minimum absolute atomic E-state index is 0.0437. The molecule has 2 aromatic carbocycles. The van der Waals surface area contributed by atoms with E-state index in [9.17, 15) is 14.4 Å². The molecule has 0 aromatic heterocycles. The van der Waals surface area contributed by atoms with Crippen molar-refractivity contribution in [3.8, 4) is 11.5 Å². The molecule has 0 spiro atoms. The maximum Gasteiger partial charge on any atom is 0.293 e. The molecule has 0 radical (unpaired) electrons. The van der Waals surface area contributed by atoms with Crippen LogP contribution in [0.3, 0.4) is 0 Å². The average molecular weight is 451 g/mol. The third-order valence-corrected chi connectivity index (χ3v) is 7.06. The molecule has 2 aromatic rings. The van der Waals surface area contributed by atoms with Gasteiger partial charge in [-0.15, -0.1) is 0 Å². The molecular formula is C24H22N2O5S. The van der Waals surface area contributed by atoms with Crippen molar-refractivity contribution in [1.82, 2.24) is 10.2 Å². The number of hydrogen-bond acceptors (Lipinski definition) is 6. The number of rotatable bonds is 6. The van der Waals surface area contributed by atoms with Gasteiger partial charge in [-0.2, -0.15) is 0 Å². The largest absolute Gasteiger partial charge is 0.454 e. The Morgan fingerprint density at radius 2 is 1.88 bits per heavy atom. The fourth-order valence-electron chi connectivity index (χ4n) is 4.23. The summed E-state index contributed by atoms with van der Waals surface area (Å²) in [7, 11) is 0. The predicted molar refractivity (Wildman–Crippen MR) is 120 cm³/mol. The zero-order chi connectivity index (χ0) is 22.1. The number of thioether (sulfide) groups is 1. The Hall–Kier alpha value is -3.26. The van der Waals surface area contributed by atoms with Crippen molar-refractivity contribution < 1.29 is 23.9 Å². The number of carbonyl (C=O) groups is 3. The summed E-state index contributed by atoms with van der Waals surface area (Å²) in [6, 6.07) is 15.1. The Morgan fingerprint density at radius 3 is 2.62 bits per heavy atom. The van der Waals surface area contributed by atoms with E-state index in [1.807, 2.05) is 36.4 Å². The second-order valence-corrected chi connectivity index (χ2v) is 9.00. The molecule has 1 saturated carbocycles. The van der Waals surface area contributed by atoms with Crippen LogP contribution in [0.25, 0.3) is 6.08 Å². The second kappa shape index (κ2) is 8.35. The molecule has 0 bridgehead atoms. The minimum Gasteiger partial charge on any atom is -0.454 e.